The summed E-state index contributed by atoms with van der Waals surface area (Å²) in [6, 6.07) is 0. The molecule has 1 aromatic heterocycles. The fraction of sp³-hybridized carbons (Fsp3) is 0.400. The maximum Gasteiger partial charge on any atom is 0.0109 e. The molecular weight excluding hydrogens is 286 g/mol. The Morgan fingerprint density at radius 2 is 2.22 bits per heavy atom. The van der Waals surface area contributed by atoms with E-state index in [0.29, 0.717) is 5.82 Å². The van der Waals surface area contributed by atoms with Gasteiger partial charge in [-0.3, -0.25) is 0 Å². The molecular formula is C5H8N3W-. The summed E-state index contributed by atoms with van der Waals surface area (Å²) < 4.78 is 1.59. The van der Waals surface area contributed by atoms with E-state index >= 15 is 0 Å². The summed E-state index contributed by atoms with van der Waals surface area (Å²) in [4.78, 5) is 0. The van der Waals surface area contributed by atoms with E-state index in [1.165, 1.54) is 0 Å². The Balaban J connectivity index is 0.000000640. The average molecular weight is 294 g/mol. The third-order valence-corrected chi connectivity index (χ3v) is 1.10. The second-order valence-electron chi connectivity index (χ2n) is 1.75. The Labute approximate surface area is 68.5 Å². The molecule has 0 saturated heterocycles. The molecule has 0 radical (unpaired) electrons. The van der Waals surface area contributed by atoms with Gasteiger partial charge in [0.1, 0.15) is 0 Å². The van der Waals surface area contributed by atoms with E-state index in [9.17, 15) is 0 Å². The number of aromatic nitrogens is 2. The Morgan fingerprint density at radius 1 is 1.67 bits per heavy atom. The summed E-state index contributed by atoms with van der Waals surface area (Å²) in [5.74, 6) is 0.685. The van der Waals surface area contributed by atoms with E-state index < -0.39 is 0 Å². The zero-order valence-electron chi connectivity index (χ0n) is 5.38. The van der Waals surface area contributed by atoms with Gasteiger partial charge in [0.05, 0.1) is 0 Å². The Hall–Kier alpha value is -0.302. The number of hydrogen-bond acceptors (Lipinski definition) is 2. The van der Waals surface area contributed by atoms with Crippen LogP contribution in [-0.2, 0) is 28.1 Å². The number of nitrogens with zero attached hydrogens (tertiary/aromatic N) is 2. The van der Waals surface area contributed by atoms with Crippen molar-refractivity contribution in [1.82, 2.24) is 9.78 Å². The van der Waals surface area contributed by atoms with Crippen LogP contribution < -0.4 is 5.73 Å². The number of aryl methyl sites for hydroxylation is 2. The molecule has 0 bridgehead atoms. The van der Waals surface area contributed by atoms with Gasteiger partial charge in [-0.25, -0.2) is 0 Å². The van der Waals surface area contributed by atoms with Crippen LogP contribution in [0.15, 0.2) is 0 Å². The van der Waals surface area contributed by atoms with Crippen molar-refractivity contribution in [3.63, 3.8) is 0 Å². The van der Waals surface area contributed by atoms with Gasteiger partial charge in [0.2, 0.25) is 0 Å². The number of hydrogen-bond donors (Lipinski definition) is 1. The van der Waals surface area contributed by atoms with E-state index in [0.717, 1.165) is 5.56 Å². The molecule has 0 aliphatic heterocycles. The summed E-state index contributed by atoms with van der Waals surface area (Å²) in [6.07, 6.45) is 2.72. The van der Waals surface area contributed by atoms with Crippen LogP contribution >= 0.6 is 0 Å². The van der Waals surface area contributed by atoms with Gasteiger partial charge in [-0.15, -0.1) is 6.20 Å². The third kappa shape index (κ3) is 1.55. The summed E-state index contributed by atoms with van der Waals surface area (Å²) in [5, 5.41) is 3.78. The molecule has 0 atom stereocenters. The fourth-order valence-electron chi connectivity index (χ4n) is 0.504. The van der Waals surface area contributed by atoms with E-state index in [-0.39, 0.29) is 21.1 Å². The molecule has 9 heavy (non-hydrogen) atoms. The zero-order chi connectivity index (χ0) is 6.15. The molecule has 4 heteroatoms. The largest absolute Gasteiger partial charge is 0.460 e. The van der Waals surface area contributed by atoms with Gasteiger partial charge in [0.15, 0.2) is 0 Å². The van der Waals surface area contributed by atoms with Crippen molar-refractivity contribution in [3.8, 4) is 0 Å². The van der Waals surface area contributed by atoms with Crippen LogP contribution in [-0.4, -0.2) is 9.78 Å². The fourth-order valence-corrected chi connectivity index (χ4v) is 0.504. The average Bonchev–Trinajstić information content (AvgIpc) is 1.98. The quantitative estimate of drug-likeness (QED) is 0.690. The Morgan fingerprint density at radius 3 is 2.33 bits per heavy atom. The third-order valence-electron chi connectivity index (χ3n) is 1.10. The minimum absolute atomic E-state index is 0. The first kappa shape index (κ1) is 8.70. The molecule has 3 nitrogen and oxygen atoms in total. The molecule has 1 aromatic rings. The van der Waals surface area contributed by atoms with Crippen molar-refractivity contribution in [2.24, 2.45) is 7.05 Å². The maximum absolute atomic E-state index is 5.47. The normalized spacial score (nSPS) is 8.67. The van der Waals surface area contributed by atoms with Crippen molar-refractivity contribution >= 4 is 5.82 Å². The standard InChI is InChI=1S/C5H8N3.W/c1-4-3-7-8(2)5(4)6;/h6H2,1-2H3;/q-1;. The van der Waals surface area contributed by atoms with Crippen LogP contribution in [0.25, 0.3) is 0 Å². The van der Waals surface area contributed by atoms with Gasteiger partial charge >= 0.3 is 0 Å². The van der Waals surface area contributed by atoms with Gasteiger partial charge in [-0.1, -0.05) is 6.92 Å². The molecule has 0 aliphatic carbocycles. The summed E-state index contributed by atoms with van der Waals surface area (Å²) in [6.45, 7) is 1.88. The van der Waals surface area contributed by atoms with Gasteiger partial charge in [-0.05, 0) is 5.82 Å². The number of nitrogen functional groups attached to an aromatic ring is 1. The molecule has 0 spiro atoms. The van der Waals surface area contributed by atoms with Crippen molar-refractivity contribution in [2.45, 2.75) is 6.92 Å². The Kier molecular flexibility index (Phi) is 2.92. The van der Waals surface area contributed by atoms with Crippen LogP contribution in [0.1, 0.15) is 5.56 Å². The number of nitrogens with two attached hydrogens (primary N) is 1. The predicted octanol–water partition coefficient (Wildman–Crippen LogP) is 0.108. The van der Waals surface area contributed by atoms with Crippen molar-refractivity contribution in [2.75, 3.05) is 5.73 Å². The molecule has 0 aliphatic rings. The topological polar surface area (TPSA) is 43.8 Å². The molecule has 0 amide bonds. The van der Waals surface area contributed by atoms with Crippen molar-refractivity contribution < 1.29 is 21.1 Å². The molecule has 0 fully saturated rings. The first-order valence-corrected chi connectivity index (χ1v) is 2.38. The van der Waals surface area contributed by atoms with Crippen molar-refractivity contribution in [3.05, 3.63) is 11.8 Å². The van der Waals surface area contributed by atoms with Crippen LogP contribution in [0.5, 0.6) is 0 Å². The molecule has 0 aromatic carbocycles. The molecule has 1 rings (SSSR count). The smallest absolute Gasteiger partial charge is 0.0109 e. The SMILES string of the molecule is Cc1[c-]nn(C)c1N.[W]. The Bertz CT molecular complexity index is 175. The molecule has 50 valence electrons. The maximum atomic E-state index is 5.47. The molecule has 0 saturated carbocycles. The first-order chi connectivity index (χ1) is 3.72. The number of anilines is 1. The molecule has 0 unspecified atom stereocenters. The van der Waals surface area contributed by atoms with E-state index in [4.69, 9.17) is 5.73 Å². The molecule has 1 heterocycles. The van der Waals surface area contributed by atoms with E-state index in [1.54, 1.807) is 11.7 Å². The second-order valence-corrected chi connectivity index (χ2v) is 1.75. The summed E-state index contributed by atoms with van der Waals surface area (Å²) in [7, 11) is 1.79. The minimum Gasteiger partial charge on any atom is -0.460 e. The number of rotatable bonds is 0. The van der Waals surface area contributed by atoms with Crippen molar-refractivity contribution in [1.29, 1.82) is 0 Å². The summed E-state index contributed by atoms with van der Waals surface area (Å²) in [5.41, 5.74) is 6.38. The van der Waals surface area contributed by atoms with Crippen LogP contribution in [0.4, 0.5) is 5.82 Å². The van der Waals surface area contributed by atoms with Crippen LogP contribution in [0, 0.1) is 13.1 Å². The second kappa shape index (κ2) is 3.02. The minimum atomic E-state index is 0. The summed E-state index contributed by atoms with van der Waals surface area (Å²) >= 11 is 0. The molecule has 2 N–H and O–H groups in total. The van der Waals surface area contributed by atoms with Crippen LogP contribution in [0.3, 0.4) is 0 Å². The van der Waals surface area contributed by atoms with Gasteiger partial charge < -0.3 is 15.5 Å². The van der Waals surface area contributed by atoms with E-state index in [1.807, 2.05) is 6.92 Å². The first-order valence-electron chi connectivity index (χ1n) is 2.38. The van der Waals surface area contributed by atoms with Gasteiger partial charge in [-0.2, -0.15) is 5.56 Å². The van der Waals surface area contributed by atoms with Crippen LogP contribution in [0.2, 0.25) is 0 Å². The monoisotopic (exact) mass is 294 g/mol. The van der Waals surface area contributed by atoms with E-state index in [2.05, 4.69) is 11.3 Å². The van der Waals surface area contributed by atoms with Gasteiger partial charge in [0.25, 0.3) is 0 Å². The predicted molar refractivity (Wildman–Crippen MR) is 31.2 cm³/mol. The van der Waals surface area contributed by atoms with Gasteiger partial charge in [0, 0.05) is 28.1 Å². The zero-order valence-corrected chi connectivity index (χ0v) is 8.31.